The second kappa shape index (κ2) is 30.6. The van der Waals surface area contributed by atoms with Crippen molar-refractivity contribution >= 4 is 69.3 Å². The van der Waals surface area contributed by atoms with E-state index >= 15 is 0 Å². The molecule has 0 saturated heterocycles. The van der Waals surface area contributed by atoms with E-state index < -0.39 is 42.1 Å². The summed E-state index contributed by atoms with van der Waals surface area (Å²) in [7, 11) is 0. The van der Waals surface area contributed by atoms with Crippen LogP contribution >= 0.6 is 0 Å². The van der Waals surface area contributed by atoms with Crippen molar-refractivity contribution in [2.24, 2.45) is 11.8 Å². The first kappa shape index (κ1) is 60.7. The molecule has 5 amide bonds. The Morgan fingerprint density at radius 1 is 0.795 bits per heavy atom. The quantitative estimate of drug-likeness (QED) is 0.0248. The highest BCUT2D eigenvalue weighted by Crippen LogP contribution is 2.37. The number of esters is 1. The van der Waals surface area contributed by atoms with E-state index in [1.165, 1.54) is 26.0 Å². The minimum Gasteiger partial charge on any atom is -0.492 e. The number of Topliss-reactive ketones (excluding diaryl/α,β-unsaturated/α-hetero) is 1. The molecule has 0 saturated carbocycles. The number of aryl methyl sites for hydroxylation is 3. The van der Waals surface area contributed by atoms with Crippen LogP contribution in [0.25, 0.3) is 16.5 Å². The Morgan fingerprint density at radius 2 is 1.47 bits per heavy atom. The number of benzene rings is 3. The molecule has 3 aromatic carbocycles. The number of aromatic nitrogens is 1. The molecule has 18 nitrogen and oxygen atoms in total. The third-order valence-corrected chi connectivity index (χ3v) is 13.1. The summed E-state index contributed by atoms with van der Waals surface area (Å²) in [5, 5.41) is 17.1. The fraction of sp³-hybridized carbons (Fsp3) is 0.400. The summed E-state index contributed by atoms with van der Waals surface area (Å²) in [6.45, 7) is 12.5. The number of hydrogen-bond acceptors (Lipinski definition) is 13. The summed E-state index contributed by atoms with van der Waals surface area (Å²) in [5.74, 6) is -3.09. The second-order valence-electron chi connectivity index (χ2n) is 19.3. The van der Waals surface area contributed by atoms with Gasteiger partial charge in [-0.15, -0.1) is 0 Å². The zero-order chi connectivity index (χ0) is 56.7. The number of nitrogens with one attached hydrogen (secondary N) is 6. The third-order valence-electron chi connectivity index (χ3n) is 13.1. The summed E-state index contributed by atoms with van der Waals surface area (Å²) in [6.07, 6.45) is 7.91. The van der Waals surface area contributed by atoms with E-state index in [1.54, 1.807) is 0 Å². The molecule has 0 radical (unpaired) electrons. The monoisotopic (exact) mass is 1070 g/mol. The van der Waals surface area contributed by atoms with Crippen LogP contribution in [0.3, 0.4) is 0 Å². The van der Waals surface area contributed by atoms with Crippen molar-refractivity contribution in [3.05, 3.63) is 136 Å². The third kappa shape index (κ3) is 18.9. The normalized spacial score (nSPS) is 16.2. The van der Waals surface area contributed by atoms with E-state index in [0.717, 1.165) is 62.0 Å². The smallest absolute Gasteiger partial charge is 0.313 e. The van der Waals surface area contributed by atoms with Gasteiger partial charge in [-0.25, -0.2) is 4.98 Å². The van der Waals surface area contributed by atoms with Crippen molar-refractivity contribution in [2.45, 2.75) is 99.5 Å². The van der Waals surface area contributed by atoms with E-state index in [0.29, 0.717) is 50.2 Å². The molecule has 414 valence electrons. The van der Waals surface area contributed by atoms with Crippen LogP contribution in [-0.4, -0.2) is 110 Å². The number of rotatable bonds is 23. The van der Waals surface area contributed by atoms with Crippen LogP contribution in [0.5, 0.6) is 5.75 Å². The molecule has 78 heavy (non-hydrogen) atoms. The number of hydrogen-bond donors (Lipinski definition) is 6. The van der Waals surface area contributed by atoms with Gasteiger partial charge >= 0.3 is 5.97 Å². The first-order valence-corrected chi connectivity index (χ1v) is 26.4. The Labute approximate surface area is 456 Å². The van der Waals surface area contributed by atoms with E-state index in [9.17, 15) is 43.2 Å². The molecule has 2 heterocycles. The molecule has 6 rings (SSSR count). The van der Waals surface area contributed by atoms with E-state index in [2.05, 4.69) is 38.8 Å². The first-order valence-electron chi connectivity index (χ1n) is 26.4. The summed E-state index contributed by atoms with van der Waals surface area (Å²) >= 11 is 0. The van der Waals surface area contributed by atoms with Gasteiger partial charge in [0, 0.05) is 36.3 Å². The number of amides is 5. The standard InChI is InChI=1S/C54H65N7O9.C6H8O2/c1-6-39-41-19-16-34(4)52(66)44-31-70-54(68)40(7-2)42(44)25-35(5)51(41)61-45-20-18-38(27-43(39)45)69-23-22-55-32-59-49(64)29-58-53(67)46(26-36-13-9-8-10-14-36)60-50(65)30-57-48(63)28-56-47(62)21-17-37-15-11-12-33(3)24-37;1-5(7)3-4-6(2)8/h8-15,18,20,24-25,27,34,40,46,55H,6-7,16-17,19,21-23,26,28-32H2,1-5H3,(H,56,62)(H,57,63)(H,58,67)(H,59,64)(H,60,65);3-4H,1-2H3/b35-25+;4-3-/t34?,40-,46+;/m1./s1. The van der Waals surface area contributed by atoms with Gasteiger partial charge in [0.25, 0.3) is 0 Å². The van der Waals surface area contributed by atoms with Crippen LogP contribution < -0.4 is 36.6 Å². The molecule has 3 atom stereocenters. The summed E-state index contributed by atoms with van der Waals surface area (Å²) in [6, 6.07) is 21.7. The molecule has 1 aliphatic carbocycles. The molecule has 6 N–H and O–H groups in total. The Morgan fingerprint density at radius 3 is 2.17 bits per heavy atom. The van der Waals surface area contributed by atoms with Crippen LogP contribution in [0.15, 0.2) is 102 Å². The first-order chi connectivity index (χ1) is 37.4. The topological polar surface area (TPSA) is 257 Å². The summed E-state index contributed by atoms with van der Waals surface area (Å²) in [5.41, 5.74) is 9.02. The minimum atomic E-state index is -1.04. The van der Waals surface area contributed by atoms with Crippen molar-refractivity contribution in [3.63, 3.8) is 0 Å². The average Bonchev–Trinajstić information content (AvgIpc) is 3.43. The Bertz CT molecular complexity index is 2930. The molecule has 0 spiro atoms. The van der Waals surface area contributed by atoms with Gasteiger partial charge in [-0.05, 0) is 124 Å². The lowest BCUT2D eigenvalue weighted by Gasteiger charge is -2.28. The van der Waals surface area contributed by atoms with Crippen LogP contribution in [0, 0.1) is 18.8 Å². The lowest BCUT2D eigenvalue weighted by atomic mass is 9.81. The Hall–Kier alpha value is -8.12. The number of allylic oxidation sites excluding steroid dienone is 4. The molecule has 1 aliphatic heterocycles. The van der Waals surface area contributed by atoms with Crippen LogP contribution in [0.4, 0.5) is 0 Å². The van der Waals surface area contributed by atoms with Crippen molar-refractivity contribution in [3.8, 4) is 5.75 Å². The molecule has 1 unspecified atom stereocenters. The van der Waals surface area contributed by atoms with Gasteiger partial charge in [-0.2, -0.15) is 0 Å². The van der Waals surface area contributed by atoms with Gasteiger partial charge in [0.2, 0.25) is 29.5 Å². The lowest BCUT2D eigenvalue weighted by Crippen LogP contribution is -2.52. The predicted molar refractivity (Wildman–Crippen MR) is 297 cm³/mol. The number of carbonyl (C=O) groups excluding carboxylic acids is 9. The predicted octanol–water partition coefficient (Wildman–Crippen LogP) is 5.01. The van der Waals surface area contributed by atoms with Crippen molar-refractivity contribution < 1.29 is 52.6 Å². The highest BCUT2D eigenvalue weighted by atomic mass is 16.5. The SMILES string of the molecule is CC(=O)/C=C\C(C)=O.CCc1c2c(nc3ccc(OCCNCNC(=O)CNC(=O)[C@H](Cc4ccccc4)NC(=O)CNC(=O)CNC(=O)CCc4cccc(C)c4)cc13)/C(C)=C/C1=C(COC(=O)[C@@H]1CC)C(=O)C(C)CC2. The molecular formula is C60H73N7O11. The van der Waals surface area contributed by atoms with Gasteiger partial charge in [-0.3, -0.25) is 48.5 Å². The number of nitrogens with zero attached hydrogens (tertiary/aromatic N) is 1. The van der Waals surface area contributed by atoms with Crippen LogP contribution in [0.2, 0.25) is 0 Å². The molecular weight excluding hydrogens is 995 g/mol. The number of pyridine rings is 1. The van der Waals surface area contributed by atoms with Gasteiger partial charge in [-0.1, -0.05) is 87.0 Å². The Kier molecular flexibility index (Phi) is 23.8. The minimum absolute atomic E-state index is 0.00267. The van der Waals surface area contributed by atoms with Crippen LogP contribution in [0.1, 0.15) is 94.3 Å². The summed E-state index contributed by atoms with van der Waals surface area (Å²) < 4.78 is 11.6. The maximum Gasteiger partial charge on any atom is 0.313 e. The summed E-state index contributed by atoms with van der Waals surface area (Å²) in [4.78, 5) is 115. The van der Waals surface area contributed by atoms with Gasteiger partial charge < -0.3 is 36.1 Å². The van der Waals surface area contributed by atoms with E-state index in [-0.39, 0.29) is 74.4 Å². The average molecular weight is 1070 g/mol. The van der Waals surface area contributed by atoms with Crippen LogP contribution in [-0.2, 0) is 73.6 Å². The highest BCUT2D eigenvalue weighted by molar-refractivity contribution is 6.02. The van der Waals surface area contributed by atoms with Gasteiger partial charge in [0.1, 0.15) is 25.0 Å². The van der Waals surface area contributed by atoms with Crippen molar-refractivity contribution in [1.82, 2.24) is 36.9 Å². The molecule has 18 heteroatoms. The Balaban J connectivity index is 0.00000129. The molecule has 2 aliphatic rings. The van der Waals surface area contributed by atoms with Crippen molar-refractivity contribution in [2.75, 3.05) is 46.1 Å². The fourth-order valence-electron chi connectivity index (χ4n) is 9.00. The van der Waals surface area contributed by atoms with E-state index in [4.69, 9.17) is 14.5 Å². The fourth-order valence-corrected chi connectivity index (χ4v) is 9.00. The second-order valence-corrected chi connectivity index (χ2v) is 19.3. The van der Waals surface area contributed by atoms with Gasteiger partial charge in [0.05, 0.1) is 43.4 Å². The molecule has 0 fully saturated rings. The highest BCUT2D eigenvalue weighted by Gasteiger charge is 2.35. The number of ketones is 3. The molecule has 4 aromatic rings. The number of ether oxygens (including phenoxy) is 2. The maximum atomic E-state index is 13.7. The number of carbonyl (C=O) groups is 9. The van der Waals surface area contributed by atoms with Gasteiger partial charge in [0.15, 0.2) is 17.3 Å². The largest absolute Gasteiger partial charge is 0.492 e. The lowest BCUT2D eigenvalue weighted by molar-refractivity contribution is -0.148. The van der Waals surface area contributed by atoms with E-state index in [1.807, 2.05) is 107 Å². The number of fused-ring (bicyclic) bond motifs is 2. The maximum absolute atomic E-state index is 13.7. The molecule has 1 aromatic heterocycles. The molecule has 0 bridgehead atoms. The zero-order valence-corrected chi connectivity index (χ0v) is 45.7. The zero-order valence-electron chi connectivity index (χ0n) is 45.7. The van der Waals surface area contributed by atoms with Crippen molar-refractivity contribution in [1.29, 1.82) is 0 Å². The number of cyclic esters (lactones) is 1.